The SMILES string of the molecule is C[C@H](NC(=O)CSc1ccc2c(c1)OCCO2)C12CC3CC(CC(C3)C1)C2. The third-order valence-corrected chi connectivity index (χ3v) is 8.26. The van der Waals surface area contributed by atoms with Gasteiger partial charge in [-0.05, 0) is 86.8 Å². The van der Waals surface area contributed by atoms with Crippen LogP contribution in [0.1, 0.15) is 45.4 Å². The number of benzene rings is 1. The lowest BCUT2D eigenvalue weighted by molar-refractivity contribution is -0.123. The maximum absolute atomic E-state index is 12.6. The van der Waals surface area contributed by atoms with Crippen LogP contribution in [0, 0.1) is 23.2 Å². The molecular weight excluding hydrogens is 358 g/mol. The molecule has 27 heavy (non-hydrogen) atoms. The van der Waals surface area contributed by atoms with Crippen molar-refractivity contribution >= 4 is 17.7 Å². The topological polar surface area (TPSA) is 47.6 Å². The van der Waals surface area contributed by atoms with Gasteiger partial charge in [0.1, 0.15) is 13.2 Å². The number of fused-ring (bicyclic) bond motifs is 1. The minimum atomic E-state index is 0.151. The van der Waals surface area contributed by atoms with E-state index in [9.17, 15) is 4.79 Å². The van der Waals surface area contributed by atoms with Crippen molar-refractivity contribution in [2.75, 3.05) is 19.0 Å². The summed E-state index contributed by atoms with van der Waals surface area (Å²) < 4.78 is 11.2. The molecule has 0 spiro atoms. The fourth-order valence-corrected chi connectivity index (χ4v) is 7.14. The third kappa shape index (κ3) is 3.43. The quantitative estimate of drug-likeness (QED) is 0.767. The molecule has 4 bridgehead atoms. The number of thioether (sulfide) groups is 1. The smallest absolute Gasteiger partial charge is 0.230 e. The minimum absolute atomic E-state index is 0.151. The van der Waals surface area contributed by atoms with Gasteiger partial charge in [0.15, 0.2) is 11.5 Å². The van der Waals surface area contributed by atoms with Crippen molar-refractivity contribution in [1.82, 2.24) is 5.32 Å². The van der Waals surface area contributed by atoms with Crippen LogP contribution in [0.4, 0.5) is 0 Å². The molecule has 146 valence electrons. The molecule has 4 aliphatic carbocycles. The zero-order valence-electron chi connectivity index (χ0n) is 16.0. The van der Waals surface area contributed by atoms with Crippen LogP contribution in [0.25, 0.3) is 0 Å². The largest absolute Gasteiger partial charge is 0.486 e. The molecule has 4 nitrogen and oxygen atoms in total. The van der Waals surface area contributed by atoms with Gasteiger partial charge < -0.3 is 14.8 Å². The Labute approximate surface area is 165 Å². The number of amides is 1. The zero-order chi connectivity index (χ0) is 18.4. The lowest BCUT2D eigenvalue weighted by Crippen LogP contribution is -2.56. The van der Waals surface area contributed by atoms with Gasteiger partial charge in [-0.3, -0.25) is 4.79 Å². The molecule has 1 atom stereocenters. The van der Waals surface area contributed by atoms with Gasteiger partial charge in [0.2, 0.25) is 5.91 Å². The summed E-state index contributed by atoms with van der Waals surface area (Å²) in [4.78, 5) is 13.7. The Morgan fingerprint density at radius 2 is 1.74 bits per heavy atom. The molecule has 5 heteroatoms. The van der Waals surface area contributed by atoms with Gasteiger partial charge in [-0.1, -0.05) is 0 Å². The van der Waals surface area contributed by atoms with Gasteiger partial charge >= 0.3 is 0 Å². The van der Waals surface area contributed by atoms with Crippen LogP contribution in [-0.2, 0) is 4.79 Å². The van der Waals surface area contributed by atoms with Gasteiger partial charge in [0.25, 0.3) is 0 Å². The molecular formula is C22H29NO3S. The number of hydrogen-bond acceptors (Lipinski definition) is 4. The van der Waals surface area contributed by atoms with Gasteiger partial charge in [0.05, 0.1) is 5.75 Å². The second-order valence-corrected chi connectivity index (χ2v) is 10.2. The van der Waals surface area contributed by atoms with Crippen LogP contribution >= 0.6 is 11.8 Å². The minimum Gasteiger partial charge on any atom is -0.486 e. The molecule has 1 aromatic rings. The highest BCUT2D eigenvalue weighted by atomic mass is 32.2. The number of rotatable bonds is 5. The molecule has 6 rings (SSSR count). The summed E-state index contributed by atoms with van der Waals surface area (Å²) in [5.74, 6) is 4.95. The number of hydrogen-bond donors (Lipinski definition) is 1. The maximum Gasteiger partial charge on any atom is 0.230 e. The van der Waals surface area contributed by atoms with E-state index >= 15 is 0 Å². The van der Waals surface area contributed by atoms with E-state index < -0.39 is 0 Å². The first-order valence-corrected chi connectivity index (χ1v) is 11.4. The van der Waals surface area contributed by atoms with E-state index in [1.807, 2.05) is 18.2 Å². The lowest BCUT2D eigenvalue weighted by atomic mass is 9.48. The standard InChI is InChI=1S/C22H29NO3S/c1-14(22-10-15-6-16(11-22)8-17(7-15)12-22)23-21(24)13-27-18-2-3-19-20(9-18)26-5-4-25-19/h2-3,9,14-17H,4-8,10-13H2,1H3,(H,23,24)/t14-,15?,16?,17?,22?/m0/s1. The Morgan fingerprint density at radius 3 is 2.41 bits per heavy atom. The number of carbonyl (C=O) groups is 1. The molecule has 5 aliphatic rings. The molecule has 1 heterocycles. The third-order valence-electron chi connectivity index (χ3n) is 7.27. The Kier molecular flexibility index (Phi) is 4.53. The summed E-state index contributed by atoms with van der Waals surface area (Å²) >= 11 is 1.57. The average Bonchev–Trinajstić information content (AvgIpc) is 2.65. The summed E-state index contributed by atoms with van der Waals surface area (Å²) in [6.45, 7) is 3.44. The average molecular weight is 388 g/mol. The molecule has 1 aliphatic heterocycles. The van der Waals surface area contributed by atoms with Gasteiger partial charge in [-0.2, -0.15) is 0 Å². The molecule has 1 N–H and O–H groups in total. The number of nitrogens with one attached hydrogen (secondary N) is 1. The van der Waals surface area contributed by atoms with Crippen LogP contribution < -0.4 is 14.8 Å². The Morgan fingerprint density at radius 1 is 1.11 bits per heavy atom. The number of ether oxygens (including phenoxy) is 2. The highest BCUT2D eigenvalue weighted by Crippen LogP contribution is 2.61. The Balaban J connectivity index is 1.18. The number of carbonyl (C=O) groups excluding carboxylic acids is 1. The van der Waals surface area contributed by atoms with Crippen LogP contribution in [0.2, 0.25) is 0 Å². The Bertz CT molecular complexity index is 699. The highest BCUT2D eigenvalue weighted by Gasteiger charge is 2.53. The van der Waals surface area contributed by atoms with Crippen LogP contribution in [0.3, 0.4) is 0 Å². The summed E-state index contributed by atoms with van der Waals surface area (Å²) in [6, 6.07) is 6.22. The fraction of sp³-hybridized carbons (Fsp3) is 0.682. The van der Waals surface area contributed by atoms with Crippen molar-refractivity contribution in [3.63, 3.8) is 0 Å². The molecule has 0 saturated heterocycles. The highest BCUT2D eigenvalue weighted by molar-refractivity contribution is 8.00. The predicted octanol–water partition coefficient (Wildman–Crippen LogP) is 4.27. The van der Waals surface area contributed by atoms with Crippen molar-refractivity contribution < 1.29 is 14.3 Å². The zero-order valence-corrected chi connectivity index (χ0v) is 16.9. The van der Waals surface area contributed by atoms with Crippen LogP contribution in [-0.4, -0.2) is 30.9 Å². The molecule has 4 saturated carbocycles. The second-order valence-electron chi connectivity index (χ2n) is 9.16. The van der Waals surface area contributed by atoms with E-state index in [0.29, 0.717) is 30.4 Å². The normalized spacial score (nSPS) is 34.3. The molecule has 0 aromatic heterocycles. The van der Waals surface area contributed by atoms with E-state index in [-0.39, 0.29) is 5.91 Å². The van der Waals surface area contributed by atoms with Crippen molar-refractivity contribution in [2.24, 2.45) is 23.2 Å². The monoisotopic (exact) mass is 387 g/mol. The first-order chi connectivity index (χ1) is 13.1. The maximum atomic E-state index is 12.6. The van der Waals surface area contributed by atoms with Crippen molar-refractivity contribution in [1.29, 1.82) is 0 Å². The van der Waals surface area contributed by atoms with E-state index in [4.69, 9.17) is 9.47 Å². The summed E-state index contributed by atoms with van der Waals surface area (Å²) in [5.41, 5.74) is 0.367. The summed E-state index contributed by atoms with van der Waals surface area (Å²) in [7, 11) is 0. The first-order valence-electron chi connectivity index (χ1n) is 10.4. The lowest BCUT2D eigenvalue weighted by Gasteiger charge is -2.59. The van der Waals surface area contributed by atoms with E-state index in [0.717, 1.165) is 34.1 Å². The fourth-order valence-electron chi connectivity index (χ4n) is 6.41. The van der Waals surface area contributed by atoms with Crippen LogP contribution in [0.5, 0.6) is 11.5 Å². The molecule has 0 unspecified atom stereocenters. The van der Waals surface area contributed by atoms with E-state index in [1.165, 1.54) is 38.5 Å². The molecule has 0 radical (unpaired) electrons. The molecule has 1 amide bonds. The second kappa shape index (κ2) is 6.91. The Hall–Kier alpha value is -1.36. The van der Waals surface area contributed by atoms with Crippen molar-refractivity contribution in [2.45, 2.75) is 56.4 Å². The molecule has 4 fully saturated rings. The summed E-state index contributed by atoms with van der Waals surface area (Å²) in [6.07, 6.45) is 8.32. The van der Waals surface area contributed by atoms with Crippen molar-refractivity contribution in [3.8, 4) is 11.5 Å². The van der Waals surface area contributed by atoms with Crippen molar-refractivity contribution in [3.05, 3.63) is 18.2 Å². The van der Waals surface area contributed by atoms with Gasteiger partial charge in [-0.15, -0.1) is 11.8 Å². The van der Waals surface area contributed by atoms with Crippen LogP contribution in [0.15, 0.2) is 23.1 Å². The van der Waals surface area contributed by atoms with E-state index in [2.05, 4.69) is 12.2 Å². The van der Waals surface area contributed by atoms with Gasteiger partial charge in [0, 0.05) is 10.9 Å². The molecule has 1 aromatic carbocycles. The first kappa shape index (κ1) is 17.7. The van der Waals surface area contributed by atoms with E-state index in [1.54, 1.807) is 11.8 Å². The van der Waals surface area contributed by atoms with Gasteiger partial charge in [-0.25, -0.2) is 0 Å². The predicted molar refractivity (Wildman–Crippen MR) is 106 cm³/mol. The summed E-state index contributed by atoms with van der Waals surface area (Å²) in [5, 5.41) is 3.35.